The van der Waals surface area contributed by atoms with Crippen molar-refractivity contribution in [3.8, 4) is 0 Å². The summed E-state index contributed by atoms with van der Waals surface area (Å²) in [6, 6.07) is 0. The fourth-order valence-corrected chi connectivity index (χ4v) is 1.87. The van der Waals surface area contributed by atoms with Crippen molar-refractivity contribution in [3.63, 3.8) is 0 Å². The molecule has 1 amide bonds. The molecule has 0 aromatic carbocycles. The monoisotopic (exact) mass is 245 g/mol. The van der Waals surface area contributed by atoms with E-state index in [0.29, 0.717) is 0 Å². The van der Waals surface area contributed by atoms with Crippen molar-refractivity contribution >= 4 is 12.6 Å². The first-order valence-electron chi connectivity index (χ1n) is 5.43. The van der Waals surface area contributed by atoms with E-state index in [1.807, 2.05) is 25.7 Å². The van der Waals surface area contributed by atoms with Crippen molar-refractivity contribution in [2.75, 3.05) is 13.1 Å². The molecule has 5 nitrogen and oxygen atoms in total. The Kier molecular flexibility index (Phi) is 5.45. The van der Waals surface area contributed by atoms with Gasteiger partial charge < -0.3 is 14.7 Å². The van der Waals surface area contributed by atoms with E-state index >= 15 is 0 Å². The predicted molar refractivity (Wildman–Crippen MR) is 64.8 cm³/mol. The first kappa shape index (κ1) is 15.7. The van der Waals surface area contributed by atoms with Crippen molar-refractivity contribution in [2.45, 2.75) is 40.2 Å². The molecule has 1 N–H and O–H groups in total. The molecule has 2 fully saturated rings. The van der Waals surface area contributed by atoms with E-state index in [9.17, 15) is 4.79 Å². The van der Waals surface area contributed by atoms with Gasteiger partial charge in [-0.3, -0.25) is 4.79 Å². The summed E-state index contributed by atoms with van der Waals surface area (Å²) < 4.78 is 5.28. The number of fused-ring (bicyclic) bond motifs is 1. The first-order chi connectivity index (χ1) is 7.37. The Morgan fingerprint density at radius 1 is 1.35 bits per heavy atom. The summed E-state index contributed by atoms with van der Waals surface area (Å²) in [6.07, 6.45) is 1.18. The normalized spacial score (nSPS) is 24.8. The molecule has 2 unspecified atom stereocenters. The molecule has 5 heteroatoms. The van der Waals surface area contributed by atoms with Crippen LogP contribution in [0.4, 0.5) is 4.79 Å². The molecule has 17 heavy (non-hydrogen) atoms. The van der Waals surface area contributed by atoms with Crippen LogP contribution in [0.1, 0.15) is 34.6 Å². The van der Waals surface area contributed by atoms with Gasteiger partial charge in [0.1, 0.15) is 5.60 Å². The number of nitrogens with zero attached hydrogens (tertiary/aromatic N) is 1. The Morgan fingerprint density at radius 3 is 2.12 bits per heavy atom. The van der Waals surface area contributed by atoms with Crippen molar-refractivity contribution in [3.05, 3.63) is 0 Å². The van der Waals surface area contributed by atoms with Gasteiger partial charge in [0, 0.05) is 13.1 Å². The second-order valence-electron chi connectivity index (χ2n) is 5.25. The first-order valence-corrected chi connectivity index (χ1v) is 5.43. The average Bonchev–Trinajstić information content (AvgIpc) is 2.72. The topological polar surface area (TPSA) is 66.8 Å². The van der Waals surface area contributed by atoms with Crippen LogP contribution in [0.3, 0.4) is 0 Å². The number of hydrogen-bond donors (Lipinski definition) is 1. The largest absolute Gasteiger partial charge is 0.483 e. The highest BCUT2D eigenvalue weighted by atomic mass is 16.6. The minimum absolute atomic E-state index is 0. The van der Waals surface area contributed by atoms with Gasteiger partial charge in [0.15, 0.2) is 0 Å². The third-order valence-electron chi connectivity index (χ3n) is 2.63. The summed E-state index contributed by atoms with van der Waals surface area (Å²) >= 11 is 0. The summed E-state index contributed by atoms with van der Waals surface area (Å²) in [5.74, 6) is 1.57. The van der Waals surface area contributed by atoms with E-state index in [1.54, 1.807) is 0 Å². The lowest BCUT2D eigenvalue weighted by Gasteiger charge is -2.25. The average molecular weight is 245 g/mol. The third kappa shape index (κ3) is 5.06. The maximum Gasteiger partial charge on any atom is 0.410 e. The van der Waals surface area contributed by atoms with Gasteiger partial charge >= 0.3 is 6.09 Å². The van der Waals surface area contributed by atoms with Crippen molar-refractivity contribution in [1.82, 2.24) is 4.90 Å². The lowest BCUT2D eigenvalue weighted by molar-refractivity contribution is -0.122. The Labute approximate surface area is 103 Å². The smallest absolute Gasteiger partial charge is 0.410 e. The number of carbonyl (C=O) groups is 2. The SMILES string of the molecule is C.CC(C)(C)OC(=O)N1CC2CC2C1.O=CO. The van der Waals surface area contributed by atoms with Crippen LogP contribution in [0.2, 0.25) is 0 Å². The summed E-state index contributed by atoms with van der Waals surface area (Å²) in [7, 11) is 0. The molecule has 100 valence electrons. The van der Waals surface area contributed by atoms with Crippen LogP contribution in [0.15, 0.2) is 0 Å². The Hall–Kier alpha value is -1.26. The highest BCUT2D eigenvalue weighted by molar-refractivity contribution is 5.68. The van der Waals surface area contributed by atoms with Crippen molar-refractivity contribution < 1.29 is 19.4 Å². The van der Waals surface area contributed by atoms with Gasteiger partial charge in [-0.2, -0.15) is 0 Å². The van der Waals surface area contributed by atoms with E-state index in [2.05, 4.69) is 0 Å². The van der Waals surface area contributed by atoms with Crippen LogP contribution in [0.5, 0.6) is 0 Å². The molecule has 2 atom stereocenters. The van der Waals surface area contributed by atoms with Gasteiger partial charge in [0.2, 0.25) is 0 Å². The zero-order chi connectivity index (χ0) is 12.3. The molecule has 1 aliphatic carbocycles. The van der Waals surface area contributed by atoms with Gasteiger partial charge in [0.25, 0.3) is 6.47 Å². The molecule has 0 aromatic heterocycles. The molecule has 0 aromatic rings. The number of piperidine rings is 1. The van der Waals surface area contributed by atoms with Crippen LogP contribution in [0, 0.1) is 11.8 Å². The molecule has 0 spiro atoms. The number of amides is 1. The molecule has 0 bridgehead atoms. The Bertz CT molecular complexity index is 262. The zero-order valence-corrected chi connectivity index (χ0v) is 9.97. The van der Waals surface area contributed by atoms with E-state index in [-0.39, 0.29) is 25.6 Å². The molecular weight excluding hydrogens is 222 g/mol. The molecule has 1 aliphatic heterocycles. The van der Waals surface area contributed by atoms with E-state index in [1.165, 1.54) is 6.42 Å². The van der Waals surface area contributed by atoms with Crippen molar-refractivity contribution in [1.29, 1.82) is 0 Å². The van der Waals surface area contributed by atoms with Gasteiger partial charge in [-0.25, -0.2) is 4.79 Å². The lowest BCUT2D eigenvalue weighted by atomic mass is 10.2. The van der Waals surface area contributed by atoms with Gasteiger partial charge in [-0.15, -0.1) is 0 Å². The number of likely N-dealkylation sites (tertiary alicyclic amines) is 1. The number of carboxylic acid groups (broad SMARTS) is 1. The number of hydrogen-bond acceptors (Lipinski definition) is 3. The van der Waals surface area contributed by atoms with E-state index in [4.69, 9.17) is 14.6 Å². The standard InChI is InChI=1S/C10H17NO2.CH2O2.CH4/c1-10(2,3)13-9(12)11-5-7-4-8(7)6-11;2-1-3;/h7-8H,4-6H2,1-3H3;1H,(H,2,3);1H4. The predicted octanol–water partition coefficient (Wildman–Crippen LogP) is 2.21. The van der Waals surface area contributed by atoms with Crippen LogP contribution in [-0.2, 0) is 9.53 Å². The Balaban J connectivity index is 0.000000583. The fourth-order valence-electron chi connectivity index (χ4n) is 1.87. The zero-order valence-electron chi connectivity index (χ0n) is 9.97. The minimum atomic E-state index is -0.357. The third-order valence-corrected chi connectivity index (χ3v) is 2.63. The molecule has 2 rings (SSSR count). The van der Waals surface area contributed by atoms with Crippen LogP contribution in [0.25, 0.3) is 0 Å². The summed E-state index contributed by atoms with van der Waals surface area (Å²) in [6.45, 7) is 7.30. The number of rotatable bonds is 0. The van der Waals surface area contributed by atoms with Crippen LogP contribution in [-0.4, -0.2) is 41.3 Å². The van der Waals surface area contributed by atoms with E-state index < -0.39 is 0 Å². The highest BCUT2D eigenvalue weighted by Crippen LogP contribution is 2.45. The highest BCUT2D eigenvalue weighted by Gasteiger charge is 2.47. The fraction of sp³-hybridized carbons (Fsp3) is 0.833. The van der Waals surface area contributed by atoms with Gasteiger partial charge in [0.05, 0.1) is 0 Å². The maximum atomic E-state index is 11.5. The van der Waals surface area contributed by atoms with Crippen LogP contribution >= 0.6 is 0 Å². The molecule has 1 heterocycles. The van der Waals surface area contributed by atoms with E-state index in [0.717, 1.165) is 24.9 Å². The number of carbonyl (C=O) groups excluding carboxylic acids is 1. The molecule has 0 radical (unpaired) electrons. The number of ether oxygens (including phenoxy) is 1. The summed E-state index contributed by atoms with van der Waals surface area (Å²) in [4.78, 5) is 21.7. The minimum Gasteiger partial charge on any atom is -0.483 e. The maximum absolute atomic E-state index is 11.5. The molecule has 1 saturated carbocycles. The molecule has 2 aliphatic rings. The van der Waals surface area contributed by atoms with Gasteiger partial charge in [-0.05, 0) is 39.0 Å². The lowest BCUT2D eigenvalue weighted by Crippen LogP contribution is -2.36. The second-order valence-corrected chi connectivity index (χ2v) is 5.25. The quantitative estimate of drug-likeness (QED) is 0.664. The molecular formula is C12H23NO4. The summed E-state index contributed by atoms with van der Waals surface area (Å²) in [5.41, 5.74) is -0.357. The Morgan fingerprint density at radius 2 is 1.76 bits per heavy atom. The van der Waals surface area contributed by atoms with Crippen molar-refractivity contribution in [2.24, 2.45) is 11.8 Å². The van der Waals surface area contributed by atoms with Crippen LogP contribution < -0.4 is 0 Å². The van der Waals surface area contributed by atoms with Gasteiger partial charge in [-0.1, -0.05) is 7.43 Å². The summed E-state index contributed by atoms with van der Waals surface area (Å²) in [5, 5.41) is 6.89. The second kappa shape index (κ2) is 5.89. The molecule has 1 saturated heterocycles.